The number of nitrogens with zero attached hydrogens (tertiary/aromatic N) is 1. The van der Waals surface area contributed by atoms with E-state index < -0.39 is 0 Å². The standard InChI is InChI=1S/C16H24N2OS.ClH/c17-9-7-12-4-1-2-10-18(12)16(19)14-5-3-6-15-13(14)8-11-20-15;/h8,11-12,14H,1-7,9-10,17H2;1H. The van der Waals surface area contributed by atoms with Gasteiger partial charge >= 0.3 is 0 Å². The molecule has 1 aliphatic carbocycles. The molecule has 0 aromatic carbocycles. The van der Waals surface area contributed by atoms with E-state index in [9.17, 15) is 4.79 Å². The summed E-state index contributed by atoms with van der Waals surface area (Å²) in [7, 11) is 0. The number of hydrogen-bond acceptors (Lipinski definition) is 3. The van der Waals surface area contributed by atoms with Crippen LogP contribution in [-0.2, 0) is 11.2 Å². The van der Waals surface area contributed by atoms with Crippen LogP contribution in [-0.4, -0.2) is 29.9 Å². The second-order valence-corrected chi connectivity index (χ2v) is 7.00. The first-order chi connectivity index (χ1) is 9.81. The molecule has 0 saturated carbocycles. The van der Waals surface area contributed by atoms with E-state index in [1.54, 1.807) is 0 Å². The smallest absolute Gasteiger partial charge is 0.230 e. The molecule has 1 fully saturated rings. The number of aryl methyl sites for hydroxylation is 1. The number of halogens is 1. The van der Waals surface area contributed by atoms with E-state index in [0.29, 0.717) is 18.5 Å². The van der Waals surface area contributed by atoms with Gasteiger partial charge in [0.25, 0.3) is 0 Å². The molecule has 2 aliphatic rings. The highest BCUT2D eigenvalue weighted by Gasteiger charge is 2.34. The maximum Gasteiger partial charge on any atom is 0.230 e. The summed E-state index contributed by atoms with van der Waals surface area (Å²) in [5, 5.41) is 2.14. The number of likely N-dealkylation sites (tertiary alicyclic amines) is 1. The number of nitrogens with two attached hydrogens (primary N) is 1. The van der Waals surface area contributed by atoms with Gasteiger partial charge in [-0.1, -0.05) is 0 Å². The van der Waals surface area contributed by atoms with E-state index >= 15 is 0 Å². The third-order valence-corrected chi connectivity index (χ3v) is 5.76. The van der Waals surface area contributed by atoms with Gasteiger partial charge in [0.15, 0.2) is 0 Å². The minimum atomic E-state index is 0. The molecule has 21 heavy (non-hydrogen) atoms. The minimum Gasteiger partial charge on any atom is -0.339 e. The first-order valence-electron chi connectivity index (χ1n) is 7.88. The fourth-order valence-corrected chi connectivity index (χ4v) is 4.71. The predicted molar refractivity (Wildman–Crippen MR) is 90.3 cm³/mol. The van der Waals surface area contributed by atoms with Gasteiger partial charge in [0.2, 0.25) is 5.91 Å². The number of carbonyl (C=O) groups excluding carboxylic acids is 1. The van der Waals surface area contributed by atoms with E-state index in [2.05, 4.69) is 16.3 Å². The molecule has 1 amide bonds. The van der Waals surface area contributed by atoms with Crippen molar-refractivity contribution in [1.82, 2.24) is 4.90 Å². The molecule has 0 spiro atoms. The monoisotopic (exact) mass is 328 g/mol. The summed E-state index contributed by atoms with van der Waals surface area (Å²) in [6.07, 6.45) is 7.80. The fourth-order valence-electron chi connectivity index (χ4n) is 3.73. The Morgan fingerprint density at radius 2 is 2.19 bits per heavy atom. The first kappa shape index (κ1) is 16.8. The Bertz CT molecular complexity index is 475. The van der Waals surface area contributed by atoms with Crippen molar-refractivity contribution in [3.63, 3.8) is 0 Å². The summed E-state index contributed by atoms with van der Waals surface area (Å²) >= 11 is 1.81. The van der Waals surface area contributed by atoms with Crippen LogP contribution in [0.3, 0.4) is 0 Å². The summed E-state index contributed by atoms with van der Waals surface area (Å²) in [5.41, 5.74) is 7.03. The maximum absolute atomic E-state index is 13.0. The Hall–Kier alpha value is -0.580. The zero-order valence-electron chi connectivity index (χ0n) is 12.4. The third-order valence-electron chi connectivity index (χ3n) is 4.76. The van der Waals surface area contributed by atoms with Crippen LogP contribution in [0.25, 0.3) is 0 Å². The van der Waals surface area contributed by atoms with E-state index in [4.69, 9.17) is 5.73 Å². The van der Waals surface area contributed by atoms with Gasteiger partial charge in [-0.3, -0.25) is 4.79 Å². The van der Waals surface area contributed by atoms with Crippen LogP contribution in [0, 0.1) is 0 Å². The molecule has 3 rings (SSSR count). The first-order valence-corrected chi connectivity index (χ1v) is 8.76. The molecule has 2 N–H and O–H groups in total. The second kappa shape index (κ2) is 7.61. The summed E-state index contributed by atoms with van der Waals surface area (Å²) in [6.45, 7) is 1.61. The Morgan fingerprint density at radius 3 is 3.00 bits per heavy atom. The van der Waals surface area contributed by atoms with Gasteiger partial charge in [0.05, 0.1) is 5.92 Å². The largest absolute Gasteiger partial charge is 0.339 e. The van der Waals surface area contributed by atoms with Gasteiger partial charge in [0.1, 0.15) is 0 Å². The van der Waals surface area contributed by atoms with E-state index in [-0.39, 0.29) is 18.3 Å². The molecule has 0 radical (unpaired) electrons. The summed E-state index contributed by atoms with van der Waals surface area (Å²) in [6, 6.07) is 2.55. The highest BCUT2D eigenvalue weighted by atomic mass is 35.5. The van der Waals surface area contributed by atoms with E-state index in [1.165, 1.54) is 16.9 Å². The van der Waals surface area contributed by atoms with Crippen molar-refractivity contribution >= 4 is 29.7 Å². The van der Waals surface area contributed by atoms with Crippen LogP contribution >= 0.6 is 23.7 Å². The Labute approximate surface area is 137 Å². The van der Waals surface area contributed by atoms with E-state index in [1.807, 2.05) is 11.3 Å². The van der Waals surface area contributed by atoms with Gasteiger partial charge in [-0.2, -0.15) is 0 Å². The Kier molecular flexibility index (Phi) is 6.08. The van der Waals surface area contributed by atoms with Crippen molar-refractivity contribution in [2.75, 3.05) is 13.1 Å². The normalized spacial score (nSPS) is 25.1. The van der Waals surface area contributed by atoms with Crippen molar-refractivity contribution in [2.45, 2.75) is 56.9 Å². The second-order valence-electron chi connectivity index (χ2n) is 6.00. The number of amides is 1. The number of rotatable bonds is 3. The highest BCUT2D eigenvalue weighted by molar-refractivity contribution is 7.10. The topological polar surface area (TPSA) is 46.3 Å². The molecule has 1 aliphatic heterocycles. The number of hydrogen-bond donors (Lipinski definition) is 1. The van der Waals surface area contributed by atoms with Gasteiger partial charge in [-0.25, -0.2) is 0 Å². The Balaban J connectivity index is 0.00000161. The number of carbonyl (C=O) groups is 1. The lowest BCUT2D eigenvalue weighted by Gasteiger charge is -2.38. The van der Waals surface area contributed by atoms with Gasteiger partial charge < -0.3 is 10.6 Å². The van der Waals surface area contributed by atoms with Gasteiger partial charge in [0, 0.05) is 17.5 Å². The predicted octanol–water partition coefficient (Wildman–Crippen LogP) is 3.32. The van der Waals surface area contributed by atoms with Crippen molar-refractivity contribution in [3.8, 4) is 0 Å². The molecule has 2 atom stereocenters. The number of piperidine rings is 1. The van der Waals surface area contributed by atoms with Crippen LogP contribution in [0.2, 0.25) is 0 Å². The molecule has 2 heterocycles. The molecule has 118 valence electrons. The Morgan fingerprint density at radius 1 is 1.33 bits per heavy atom. The van der Waals surface area contributed by atoms with Crippen molar-refractivity contribution < 1.29 is 4.79 Å². The minimum absolute atomic E-state index is 0. The molecular weight excluding hydrogens is 304 g/mol. The summed E-state index contributed by atoms with van der Waals surface area (Å²) in [4.78, 5) is 16.6. The van der Waals surface area contributed by atoms with Crippen LogP contribution in [0.1, 0.15) is 54.9 Å². The molecule has 0 bridgehead atoms. The SMILES string of the molecule is Cl.NCCC1CCCCN1C(=O)C1CCCc2sccc21. The lowest BCUT2D eigenvalue weighted by molar-refractivity contribution is -0.137. The highest BCUT2D eigenvalue weighted by Crippen LogP contribution is 2.37. The van der Waals surface area contributed by atoms with Crippen molar-refractivity contribution in [3.05, 3.63) is 21.9 Å². The zero-order valence-corrected chi connectivity index (χ0v) is 14.1. The van der Waals surface area contributed by atoms with Crippen LogP contribution in [0.15, 0.2) is 11.4 Å². The molecule has 2 unspecified atom stereocenters. The van der Waals surface area contributed by atoms with E-state index in [0.717, 1.165) is 45.1 Å². The van der Waals surface area contributed by atoms with Crippen LogP contribution in [0.5, 0.6) is 0 Å². The summed E-state index contributed by atoms with van der Waals surface area (Å²) in [5.74, 6) is 0.478. The average molecular weight is 329 g/mol. The molecule has 1 saturated heterocycles. The van der Waals surface area contributed by atoms with Crippen LogP contribution in [0.4, 0.5) is 0 Å². The lowest BCUT2D eigenvalue weighted by atomic mass is 9.85. The molecular formula is C16H25ClN2OS. The van der Waals surface area contributed by atoms with Gasteiger partial charge in [-0.05, 0) is 68.5 Å². The molecule has 1 aromatic heterocycles. The zero-order chi connectivity index (χ0) is 13.9. The summed E-state index contributed by atoms with van der Waals surface area (Å²) < 4.78 is 0. The molecule has 5 heteroatoms. The fraction of sp³-hybridized carbons (Fsp3) is 0.688. The number of fused-ring (bicyclic) bond motifs is 1. The lowest BCUT2D eigenvalue weighted by Crippen LogP contribution is -2.47. The van der Waals surface area contributed by atoms with Crippen LogP contribution < -0.4 is 5.73 Å². The number of thiophene rings is 1. The third kappa shape index (κ3) is 3.43. The average Bonchev–Trinajstić information content (AvgIpc) is 2.96. The molecule has 1 aromatic rings. The van der Waals surface area contributed by atoms with Crippen molar-refractivity contribution in [1.29, 1.82) is 0 Å². The van der Waals surface area contributed by atoms with Crippen molar-refractivity contribution in [2.24, 2.45) is 5.73 Å². The maximum atomic E-state index is 13.0. The van der Waals surface area contributed by atoms with Gasteiger partial charge in [-0.15, -0.1) is 23.7 Å². The quantitative estimate of drug-likeness (QED) is 0.925. The molecule has 3 nitrogen and oxygen atoms in total.